The maximum absolute atomic E-state index is 12.6. The van der Waals surface area contributed by atoms with Crippen molar-refractivity contribution in [1.82, 2.24) is 0 Å². The van der Waals surface area contributed by atoms with Crippen LogP contribution in [0, 0.1) is 0 Å². The van der Waals surface area contributed by atoms with Crippen molar-refractivity contribution in [2.24, 2.45) is 11.5 Å². The largest absolute Gasteiger partial charge is 0.481 e. The van der Waals surface area contributed by atoms with Gasteiger partial charge in [0.05, 0.1) is 0 Å². The van der Waals surface area contributed by atoms with Gasteiger partial charge in [0.25, 0.3) is 0 Å². The van der Waals surface area contributed by atoms with Crippen LogP contribution in [0.2, 0.25) is 0 Å². The summed E-state index contributed by atoms with van der Waals surface area (Å²) >= 11 is 7.86. The molecule has 0 aliphatic rings. The molecule has 26 heavy (non-hydrogen) atoms. The summed E-state index contributed by atoms with van der Waals surface area (Å²) < 4.78 is 0. The van der Waals surface area contributed by atoms with Gasteiger partial charge in [-0.1, -0.05) is 12.1 Å². The van der Waals surface area contributed by atoms with Crippen LogP contribution in [0.15, 0.2) is 29.2 Å². The Labute approximate surface area is 159 Å². The summed E-state index contributed by atoms with van der Waals surface area (Å²) in [5.74, 6) is -4.76. The summed E-state index contributed by atoms with van der Waals surface area (Å²) in [6.07, 6.45) is -1.16. The Balaban J connectivity index is 3.02. The van der Waals surface area contributed by atoms with Crippen molar-refractivity contribution >= 4 is 48.9 Å². The predicted octanol–water partition coefficient (Wildman–Crippen LogP) is -0.0212. The van der Waals surface area contributed by atoms with E-state index in [2.05, 4.69) is 35.0 Å². The molecule has 0 fully saturated rings. The van der Waals surface area contributed by atoms with E-state index in [1.54, 1.807) is 0 Å². The van der Waals surface area contributed by atoms with Crippen molar-refractivity contribution in [2.75, 3.05) is 5.75 Å². The number of hydrogen-bond donors (Lipinski definition) is 5. The third kappa shape index (κ3) is 5.73. The summed E-state index contributed by atoms with van der Waals surface area (Å²) in [5, 5.41) is 8.83. The molecule has 0 aromatic heterocycles. The molecule has 2 atom stereocenters. The van der Waals surface area contributed by atoms with Gasteiger partial charge >= 0.3 is 17.9 Å². The molecule has 0 heterocycles. The number of ketones is 1. The van der Waals surface area contributed by atoms with Gasteiger partial charge < -0.3 is 16.6 Å². The fraction of sp³-hybridized carbons (Fsp3) is 0.333. The van der Waals surface area contributed by atoms with Crippen LogP contribution in [0.4, 0.5) is 0 Å². The highest BCUT2D eigenvalue weighted by Gasteiger charge is 2.45. The second-order valence-corrected chi connectivity index (χ2v) is 6.18. The third-order valence-electron chi connectivity index (χ3n) is 3.33. The Morgan fingerprint density at radius 1 is 1.15 bits per heavy atom. The minimum Gasteiger partial charge on any atom is -0.481 e. The van der Waals surface area contributed by atoms with E-state index < -0.39 is 48.1 Å². The Kier molecular flexibility index (Phi) is 8.08. The fourth-order valence-corrected chi connectivity index (χ4v) is 2.07. The first-order chi connectivity index (χ1) is 12.1. The molecule has 0 aliphatic heterocycles. The molecular formula is C15H18N2O7S2. The monoisotopic (exact) mass is 402 g/mol. The van der Waals surface area contributed by atoms with Crippen LogP contribution in [0.3, 0.4) is 0 Å². The molecule has 0 aliphatic carbocycles. The fourth-order valence-electron chi connectivity index (χ4n) is 1.77. The number of nitrogens with two attached hydrogens (primary N) is 2. The lowest BCUT2D eigenvalue weighted by Crippen LogP contribution is -2.56. The van der Waals surface area contributed by atoms with E-state index in [4.69, 9.17) is 16.6 Å². The molecule has 0 saturated heterocycles. The van der Waals surface area contributed by atoms with Gasteiger partial charge in [-0.05, 0) is 18.6 Å². The average molecular weight is 402 g/mol. The van der Waals surface area contributed by atoms with Crippen LogP contribution in [0.25, 0.3) is 0 Å². The zero-order valence-electron chi connectivity index (χ0n) is 13.5. The van der Waals surface area contributed by atoms with Gasteiger partial charge in [-0.3, -0.25) is 9.59 Å². The standard InChI is InChI=1S/C15H18N2O7S2/c16-10(7-25)13(21)23-24-14(22)15(17,6-5-11(18)19)12(20)8-1-3-9(26)4-2-8/h1-4,10,25-26H,5-7,16-17H2,(H,18,19)/t10?,15-/m1/s1. The number of carbonyl (C=O) groups excluding carboxylic acids is 3. The van der Waals surface area contributed by atoms with E-state index in [-0.39, 0.29) is 11.3 Å². The highest BCUT2D eigenvalue weighted by Crippen LogP contribution is 2.20. The van der Waals surface area contributed by atoms with Crippen LogP contribution in [-0.4, -0.2) is 46.1 Å². The molecule has 1 rings (SSSR count). The van der Waals surface area contributed by atoms with Gasteiger partial charge in [-0.25, -0.2) is 19.4 Å². The second kappa shape index (κ2) is 9.57. The smallest absolute Gasteiger partial charge is 0.383 e. The van der Waals surface area contributed by atoms with Crippen molar-refractivity contribution in [3.8, 4) is 0 Å². The summed E-state index contributed by atoms with van der Waals surface area (Å²) in [4.78, 5) is 56.3. The first kappa shape index (κ1) is 22.0. The number of carboxylic acids is 1. The summed E-state index contributed by atoms with van der Waals surface area (Å²) in [6, 6.07) is 4.55. The van der Waals surface area contributed by atoms with Gasteiger partial charge in [0.15, 0.2) is 11.3 Å². The molecule has 0 spiro atoms. The van der Waals surface area contributed by atoms with Crippen LogP contribution in [-0.2, 0) is 24.2 Å². The van der Waals surface area contributed by atoms with Crippen LogP contribution < -0.4 is 11.5 Å². The van der Waals surface area contributed by atoms with Crippen LogP contribution in [0.5, 0.6) is 0 Å². The molecule has 1 aromatic rings. The second-order valence-electron chi connectivity index (χ2n) is 5.30. The third-order valence-corrected chi connectivity index (χ3v) is 4.02. The van der Waals surface area contributed by atoms with E-state index in [0.717, 1.165) is 0 Å². The predicted molar refractivity (Wildman–Crippen MR) is 95.8 cm³/mol. The van der Waals surface area contributed by atoms with Crippen molar-refractivity contribution in [3.05, 3.63) is 29.8 Å². The summed E-state index contributed by atoms with van der Waals surface area (Å²) in [6.45, 7) is 0. The van der Waals surface area contributed by atoms with Crippen molar-refractivity contribution in [1.29, 1.82) is 0 Å². The van der Waals surface area contributed by atoms with Gasteiger partial charge in [0.1, 0.15) is 6.04 Å². The number of benzene rings is 1. The first-order valence-electron chi connectivity index (χ1n) is 7.25. The molecule has 142 valence electrons. The number of Topliss-reactive ketones (excluding diaryl/α,β-unsaturated/α-hetero) is 1. The quantitative estimate of drug-likeness (QED) is 0.132. The van der Waals surface area contributed by atoms with Crippen LogP contribution >= 0.6 is 25.3 Å². The van der Waals surface area contributed by atoms with E-state index >= 15 is 0 Å². The maximum Gasteiger partial charge on any atom is 0.383 e. The van der Waals surface area contributed by atoms with E-state index in [9.17, 15) is 19.2 Å². The number of rotatable bonds is 8. The highest BCUT2D eigenvalue weighted by atomic mass is 32.1. The number of carboxylic acid groups (broad SMARTS) is 1. The van der Waals surface area contributed by atoms with E-state index in [0.29, 0.717) is 4.90 Å². The van der Waals surface area contributed by atoms with Crippen LogP contribution in [0.1, 0.15) is 23.2 Å². The summed E-state index contributed by atoms with van der Waals surface area (Å²) in [7, 11) is 0. The first-order valence-corrected chi connectivity index (χ1v) is 8.33. The molecule has 0 radical (unpaired) electrons. The number of carbonyl (C=O) groups is 4. The zero-order valence-corrected chi connectivity index (χ0v) is 15.2. The number of thiol groups is 2. The topological polar surface area (TPSA) is 159 Å². The van der Waals surface area contributed by atoms with Gasteiger partial charge in [0, 0.05) is 22.6 Å². The number of hydrogen-bond acceptors (Lipinski definition) is 10. The lowest BCUT2D eigenvalue weighted by atomic mass is 9.86. The summed E-state index contributed by atoms with van der Waals surface area (Å²) in [5.41, 5.74) is 8.86. The molecule has 11 heteroatoms. The van der Waals surface area contributed by atoms with Gasteiger partial charge in [-0.15, -0.1) is 12.6 Å². The Morgan fingerprint density at radius 3 is 2.23 bits per heavy atom. The van der Waals surface area contributed by atoms with Crippen molar-refractivity contribution in [2.45, 2.75) is 29.3 Å². The molecule has 5 N–H and O–H groups in total. The molecule has 0 amide bonds. The number of aliphatic carboxylic acids is 1. The maximum atomic E-state index is 12.6. The molecule has 1 unspecified atom stereocenters. The Morgan fingerprint density at radius 2 is 1.73 bits per heavy atom. The van der Waals surface area contributed by atoms with Gasteiger partial charge in [-0.2, -0.15) is 12.6 Å². The molecule has 0 bridgehead atoms. The average Bonchev–Trinajstić information content (AvgIpc) is 2.62. The highest BCUT2D eigenvalue weighted by molar-refractivity contribution is 7.80. The van der Waals surface area contributed by atoms with Crippen molar-refractivity contribution < 1.29 is 34.1 Å². The SMILES string of the molecule is NC(CS)C(=O)OOC(=O)[C@@](N)(CCC(=O)O)C(=O)c1ccc(S)cc1. The normalized spacial score (nSPS) is 14.0. The molecular weight excluding hydrogens is 384 g/mol. The van der Waals surface area contributed by atoms with Crippen molar-refractivity contribution in [3.63, 3.8) is 0 Å². The molecule has 0 saturated carbocycles. The van der Waals surface area contributed by atoms with E-state index in [1.165, 1.54) is 24.3 Å². The van der Waals surface area contributed by atoms with Gasteiger partial charge in [0.2, 0.25) is 0 Å². The lowest BCUT2D eigenvalue weighted by Gasteiger charge is -2.24. The Hall–Kier alpha value is -2.08. The lowest BCUT2D eigenvalue weighted by molar-refractivity contribution is -0.262. The molecule has 1 aromatic carbocycles. The zero-order chi connectivity index (χ0) is 19.9. The Bertz CT molecular complexity index is 696. The molecule has 9 nitrogen and oxygen atoms in total. The minimum atomic E-state index is -2.37. The minimum absolute atomic E-state index is 0.0334. The van der Waals surface area contributed by atoms with E-state index in [1.807, 2.05) is 0 Å².